The summed E-state index contributed by atoms with van der Waals surface area (Å²) in [5, 5.41) is 10.7. The van der Waals surface area contributed by atoms with Crippen molar-refractivity contribution in [1.82, 2.24) is 0 Å². The number of fused-ring (bicyclic) bond motifs is 1. The minimum Gasteiger partial charge on any atom is -0.526 e. The zero-order chi connectivity index (χ0) is 23.8. The molecule has 174 valence electrons. The van der Waals surface area contributed by atoms with E-state index in [4.69, 9.17) is 4.74 Å². The number of aromatic hydroxyl groups is 1. The summed E-state index contributed by atoms with van der Waals surface area (Å²) >= 11 is 0. The molecule has 0 saturated carbocycles. The molecule has 2 aromatic carbocycles. The fourth-order valence-electron chi connectivity index (χ4n) is 3.58. The largest absolute Gasteiger partial charge is 1.00 e. The van der Waals surface area contributed by atoms with Gasteiger partial charge in [0.15, 0.2) is 16.0 Å². The van der Waals surface area contributed by atoms with Crippen LogP contribution in [0.4, 0.5) is 10.1 Å². The number of anilines is 1. The third-order valence-electron chi connectivity index (χ3n) is 5.28. The van der Waals surface area contributed by atoms with Crippen molar-refractivity contribution < 1.29 is 83.6 Å². The van der Waals surface area contributed by atoms with Crippen molar-refractivity contribution in [2.75, 3.05) is 10.8 Å². The predicted octanol–water partition coefficient (Wildman–Crippen LogP) is 0.954. The molecule has 1 amide bonds. The van der Waals surface area contributed by atoms with Crippen molar-refractivity contribution in [2.24, 2.45) is 5.41 Å². The molecule has 1 saturated heterocycles. The van der Waals surface area contributed by atoms with Gasteiger partial charge < -0.3 is 19.4 Å². The van der Waals surface area contributed by atoms with Crippen LogP contribution in [0.2, 0.25) is 0 Å². The number of aryl methyl sites for hydroxylation is 1. The molecular formula is C22H26FKN2O6S. The Morgan fingerprint density at radius 1 is 1.30 bits per heavy atom. The SMILES string of the molecule is CC(C)OC(=O)C(C)(C)CCCc1ccc2cc(O)c(N3CC(=O)[N-]S3(=O)=O)c(F)c2c1.[K+]. The maximum absolute atomic E-state index is 15.3. The summed E-state index contributed by atoms with van der Waals surface area (Å²) in [6.07, 6.45) is 1.57. The van der Waals surface area contributed by atoms with Crippen LogP contribution in [0.1, 0.15) is 46.1 Å². The molecule has 33 heavy (non-hydrogen) atoms. The number of halogens is 1. The van der Waals surface area contributed by atoms with Crippen molar-refractivity contribution >= 4 is 38.5 Å². The second-order valence-electron chi connectivity index (χ2n) is 8.77. The van der Waals surface area contributed by atoms with Crippen LogP contribution in [0.25, 0.3) is 15.5 Å². The van der Waals surface area contributed by atoms with E-state index in [2.05, 4.69) is 4.72 Å². The van der Waals surface area contributed by atoms with E-state index in [0.29, 0.717) is 29.0 Å². The molecule has 1 heterocycles. The third kappa shape index (κ3) is 6.26. The van der Waals surface area contributed by atoms with E-state index >= 15 is 4.39 Å². The Kier molecular flexibility index (Phi) is 8.97. The van der Waals surface area contributed by atoms with Gasteiger partial charge >= 0.3 is 57.4 Å². The Bertz CT molecular complexity index is 1180. The van der Waals surface area contributed by atoms with Crippen LogP contribution < -0.4 is 55.7 Å². The summed E-state index contributed by atoms with van der Waals surface area (Å²) in [5.41, 5.74) is -0.473. The van der Waals surface area contributed by atoms with Crippen LogP contribution >= 0.6 is 0 Å². The van der Waals surface area contributed by atoms with E-state index in [-0.39, 0.29) is 68.8 Å². The van der Waals surface area contributed by atoms with E-state index in [1.165, 1.54) is 6.07 Å². The van der Waals surface area contributed by atoms with Gasteiger partial charge in [-0.1, -0.05) is 12.1 Å². The number of carbonyl (C=O) groups is 2. The maximum atomic E-state index is 15.3. The molecule has 8 nitrogen and oxygen atoms in total. The monoisotopic (exact) mass is 504 g/mol. The normalized spacial score (nSPS) is 15.5. The van der Waals surface area contributed by atoms with Gasteiger partial charge in [0.2, 0.25) is 0 Å². The fraction of sp³-hybridized carbons (Fsp3) is 0.455. The Balaban J connectivity index is 0.00000385. The Labute approximate surface area is 235 Å². The first-order valence-corrected chi connectivity index (χ1v) is 11.7. The van der Waals surface area contributed by atoms with Crippen molar-refractivity contribution in [3.05, 3.63) is 40.4 Å². The molecule has 1 fully saturated rings. The zero-order valence-electron chi connectivity index (χ0n) is 19.4. The average molecular weight is 505 g/mol. The van der Waals surface area contributed by atoms with E-state index in [1.807, 2.05) is 13.8 Å². The molecule has 0 atom stereocenters. The second-order valence-corrected chi connectivity index (χ2v) is 10.3. The first kappa shape index (κ1) is 28.0. The minimum atomic E-state index is -4.40. The molecule has 3 rings (SSSR count). The second kappa shape index (κ2) is 10.6. The van der Waals surface area contributed by atoms with Crippen LogP contribution in [-0.4, -0.2) is 38.0 Å². The van der Waals surface area contributed by atoms with Crippen molar-refractivity contribution in [1.29, 1.82) is 0 Å². The van der Waals surface area contributed by atoms with Crippen molar-refractivity contribution in [3.8, 4) is 5.75 Å². The summed E-state index contributed by atoms with van der Waals surface area (Å²) in [6, 6.07) is 6.24. The van der Waals surface area contributed by atoms with Gasteiger partial charge in [-0.05, 0) is 70.0 Å². The van der Waals surface area contributed by atoms with Gasteiger partial charge in [-0.25, -0.2) is 12.8 Å². The molecule has 0 spiro atoms. The third-order valence-corrected chi connectivity index (χ3v) is 6.59. The first-order chi connectivity index (χ1) is 14.8. The van der Waals surface area contributed by atoms with Crippen molar-refractivity contribution in [3.63, 3.8) is 0 Å². The van der Waals surface area contributed by atoms with Gasteiger partial charge in [0.1, 0.15) is 11.4 Å². The average Bonchev–Trinajstić information content (AvgIpc) is 2.93. The summed E-state index contributed by atoms with van der Waals surface area (Å²) in [6.45, 7) is 6.55. The number of nitrogens with zero attached hydrogens (tertiary/aromatic N) is 2. The van der Waals surface area contributed by atoms with Gasteiger partial charge in [0.25, 0.3) is 0 Å². The van der Waals surface area contributed by atoms with E-state index in [9.17, 15) is 23.1 Å². The molecule has 0 radical (unpaired) electrons. The number of benzene rings is 2. The number of hydrogen-bond donors (Lipinski definition) is 1. The molecule has 0 aromatic heterocycles. The van der Waals surface area contributed by atoms with Crippen LogP contribution in [-0.2, 0) is 31.0 Å². The Hall–Kier alpha value is -1.24. The number of esters is 1. The van der Waals surface area contributed by atoms with Gasteiger partial charge in [0.05, 0.1) is 24.0 Å². The van der Waals surface area contributed by atoms with Crippen LogP contribution in [0.5, 0.6) is 5.75 Å². The predicted molar refractivity (Wildman–Crippen MR) is 118 cm³/mol. The Morgan fingerprint density at radius 3 is 2.55 bits per heavy atom. The standard InChI is InChI=1S/C22H27FN2O6S.K/c1-13(2)31-21(28)22(3,4)9-5-6-14-7-8-15-11-17(26)20(19(23)16(15)10-14)25-12-18(27)24-32(25,29)30;/h7-8,10-11,13H,5-6,9,12H2,1-4H3,(H2,24,26,27);/q;+1/p-1. The van der Waals surface area contributed by atoms with Gasteiger partial charge in [0, 0.05) is 5.39 Å². The molecule has 1 aliphatic heterocycles. The molecular weight excluding hydrogens is 478 g/mol. The number of rotatable bonds is 7. The fourth-order valence-corrected chi connectivity index (χ4v) is 4.68. The summed E-state index contributed by atoms with van der Waals surface area (Å²) in [7, 11) is -4.40. The number of phenolic OH excluding ortho intramolecular Hbond substituents is 1. The zero-order valence-corrected chi connectivity index (χ0v) is 23.3. The van der Waals surface area contributed by atoms with Crippen LogP contribution in [0, 0.1) is 11.2 Å². The number of hydrogen-bond acceptors (Lipinski definition) is 6. The molecule has 2 aromatic rings. The van der Waals surface area contributed by atoms with E-state index in [1.54, 1.807) is 32.0 Å². The molecule has 11 heteroatoms. The maximum Gasteiger partial charge on any atom is 1.00 e. The molecule has 1 N–H and O–H groups in total. The van der Waals surface area contributed by atoms with Gasteiger partial charge in [-0.3, -0.25) is 9.10 Å². The molecule has 0 unspecified atom stereocenters. The number of amides is 1. The topological polar surface area (TPSA) is 115 Å². The summed E-state index contributed by atoms with van der Waals surface area (Å²) in [5.74, 6) is -2.75. The molecule has 0 bridgehead atoms. The Morgan fingerprint density at radius 2 is 1.97 bits per heavy atom. The quantitative estimate of drug-likeness (QED) is 0.444. The van der Waals surface area contributed by atoms with E-state index in [0.717, 1.165) is 5.56 Å². The van der Waals surface area contributed by atoms with Crippen LogP contribution in [0.3, 0.4) is 0 Å². The van der Waals surface area contributed by atoms with Crippen LogP contribution in [0.15, 0.2) is 24.3 Å². The van der Waals surface area contributed by atoms with E-state index < -0.39 is 45.3 Å². The summed E-state index contributed by atoms with van der Waals surface area (Å²) in [4.78, 5) is 23.7. The minimum absolute atomic E-state index is 0. The number of carbonyl (C=O) groups excluding carboxylic acids is 2. The van der Waals surface area contributed by atoms with Gasteiger partial charge in [-0.15, -0.1) is 0 Å². The number of ether oxygens (including phenoxy) is 1. The molecule has 0 aliphatic carbocycles. The molecule has 1 aliphatic rings. The summed E-state index contributed by atoms with van der Waals surface area (Å²) < 4.78 is 48.2. The smallest absolute Gasteiger partial charge is 0.526 e. The van der Waals surface area contributed by atoms with Gasteiger partial charge in [-0.2, -0.15) is 0 Å². The first-order valence-electron chi connectivity index (χ1n) is 10.3. The van der Waals surface area contributed by atoms with Crippen molar-refractivity contribution in [2.45, 2.75) is 53.1 Å². The number of phenols is 1.